The average molecular weight is 396 g/mol. The highest BCUT2D eigenvalue weighted by Crippen LogP contribution is 2.18. The summed E-state index contributed by atoms with van der Waals surface area (Å²) in [7, 11) is 1.67. The summed E-state index contributed by atoms with van der Waals surface area (Å²) in [6, 6.07) is 18.9. The lowest BCUT2D eigenvalue weighted by Gasteiger charge is -2.10. The largest absolute Gasteiger partial charge is 0.496 e. The number of nitrogens with zero attached hydrogens (tertiary/aromatic N) is 1. The van der Waals surface area contributed by atoms with E-state index < -0.39 is 0 Å². The minimum Gasteiger partial charge on any atom is -0.496 e. The predicted molar refractivity (Wildman–Crippen MR) is 112 cm³/mol. The van der Waals surface area contributed by atoms with Crippen molar-refractivity contribution in [3.8, 4) is 5.75 Å². The van der Waals surface area contributed by atoms with Gasteiger partial charge < -0.3 is 15.4 Å². The molecule has 0 fully saturated rings. The number of methoxy groups -OCH3 is 1. The van der Waals surface area contributed by atoms with Crippen LogP contribution in [-0.4, -0.2) is 24.5 Å². The Morgan fingerprint density at radius 1 is 1.07 bits per heavy atom. The van der Waals surface area contributed by atoms with Gasteiger partial charge in [-0.3, -0.25) is 4.79 Å². The standard InChI is InChI=1S/C22H22ClN3O2/c1-28-21-5-3-2-4-17(21)12-13-24-19-10-11-20(25-15-19)22(27)26-14-16-6-8-18(23)9-7-16/h2-11,15,24H,12-14H2,1H3,(H,26,27). The highest BCUT2D eigenvalue weighted by Gasteiger charge is 2.07. The van der Waals surface area contributed by atoms with E-state index in [4.69, 9.17) is 16.3 Å². The molecule has 0 bridgehead atoms. The molecule has 0 aliphatic heterocycles. The maximum Gasteiger partial charge on any atom is 0.270 e. The molecule has 0 saturated carbocycles. The maximum atomic E-state index is 12.2. The summed E-state index contributed by atoms with van der Waals surface area (Å²) in [6.07, 6.45) is 2.49. The molecule has 6 heteroatoms. The number of benzene rings is 2. The molecule has 3 rings (SSSR count). The first-order chi connectivity index (χ1) is 13.7. The molecule has 1 amide bonds. The molecule has 5 nitrogen and oxygen atoms in total. The lowest BCUT2D eigenvalue weighted by atomic mass is 10.1. The van der Waals surface area contributed by atoms with Crippen molar-refractivity contribution in [2.45, 2.75) is 13.0 Å². The number of hydrogen-bond donors (Lipinski definition) is 2. The number of nitrogens with one attached hydrogen (secondary N) is 2. The van der Waals surface area contributed by atoms with E-state index in [1.54, 1.807) is 31.5 Å². The zero-order chi connectivity index (χ0) is 19.8. The molecule has 0 spiro atoms. The first kappa shape index (κ1) is 19.7. The molecule has 0 aliphatic rings. The topological polar surface area (TPSA) is 63.2 Å². The van der Waals surface area contributed by atoms with Gasteiger partial charge in [0.05, 0.1) is 19.0 Å². The van der Waals surface area contributed by atoms with E-state index in [1.807, 2.05) is 42.5 Å². The fourth-order valence-corrected chi connectivity index (χ4v) is 2.88. The summed E-state index contributed by atoms with van der Waals surface area (Å²) in [5.74, 6) is 0.672. The van der Waals surface area contributed by atoms with Gasteiger partial charge in [0.2, 0.25) is 0 Å². The van der Waals surface area contributed by atoms with E-state index in [0.717, 1.165) is 35.5 Å². The van der Waals surface area contributed by atoms with Crippen LogP contribution in [0.25, 0.3) is 0 Å². The molecule has 28 heavy (non-hydrogen) atoms. The van der Waals surface area contributed by atoms with E-state index in [0.29, 0.717) is 17.3 Å². The Hall–Kier alpha value is -3.05. The Kier molecular flexibility index (Phi) is 6.87. The molecule has 1 aromatic heterocycles. The van der Waals surface area contributed by atoms with Crippen LogP contribution in [0.1, 0.15) is 21.6 Å². The van der Waals surface area contributed by atoms with Gasteiger partial charge in [0.25, 0.3) is 5.91 Å². The van der Waals surface area contributed by atoms with Gasteiger partial charge in [-0.2, -0.15) is 0 Å². The Bertz CT molecular complexity index is 912. The molecule has 0 saturated heterocycles. The second-order valence-corrected chi connectivity index (χ2v) is 6.67. The van der Waals surface area contributed by atoms with Crippen molar-refractivity contribution in [3.05, 3.63) is 88.7 Å². The van der Waals surface area contributed by atoms with Gasteiger partial charge in [0.1, 0.15) is 11.4 Å². The van der Waals surface area contributed by atoms with Crippen LogP contribution in [0.5, 0.6) is 5.75 Å². The average Bonchev–Trinajstić information content (AvgIpc) is 2.74. The van der Waals surface area contributed by atoms with Gasteiger partial charge in [0, 0.05) is 18.1 Å². The van der Waals surface area contributed by atoms with Crippen molar-refractivity contribution in [2.24, 2.45) is 0 Å². The number of pyridine rings is 1. The number of amides is 1. The van der Waals surface area contributed by atoms with E-state index in [2.05, 4.69) is 15.6 Å². The number of aromatic nitrogens is 1. The molecule has 144 valence electrons. The number of ether oxygens (including phenoxy) is 1. The number of carbonyl (C=O) groups excluding carboxylic acids is 1. The molecule has 0 unspecified atom stereocenters. The summed E-state index contributed by atoms with van der Waals surface area (Å²) >= 11 is 5.86. The van der Waals surface area contributed by atoms with Gasteiger partial charge >= 0.3 is 0 Å². The van der Waals surface area contributed by atoms with Crippen LogP contribution in [0.15, 0.2) is 66.9 Å². The summed E-state index contributed by atoms with van der Waals surface area (Å²) in [4.78, 5) is 16.5. The van der Waals surface area contributed by atoms with Crippen molar-refractivity contribution in [1.82, 2.24) is 10.3 Å². The van der Waals surface area contributed by atoms with Crippen molar-refractivity contribution in [2.75, 3.05) is 19.0 Å². The number of carbonyl (C=O) groups is 1. The third-order valence-electron chi connectivity index (χ3n) is 4.28. The predicted octanol–water partition coefficient (Wildman–Crippen LogP) is 4.33. The fourth-order valence-electron chi connectivity index (χ4n) is 2.76. The Morgan fingerprint density at radius 2 is 1.86 bits per heavy atom. The highest BCUT2D eigenvalue weighted by molar-refractivity contribution is 6.30. The monoisotopic (exact) mass is 395 g/mol. The Balaban J connectivity index is 1.48. The van der Waals surface area contributed by atoms with Crippen LogP contribution in [0.4, 0.5) is 5.69 Å². The zero-order valence-electron chi connectivity index (χ0n) is 15.6. The molecular weight excluding hydrogens is 374 g/mol. The number of rotatable bonds is 8. The van der Waals surface area contributed by atoms with E-state index in [-0.39, 0.29) is 5.91 Å². The van der Waals surface area contributed by atoms with Crippen LogP contribution in [0.3, 0.4) is 0 Å². The highest BCUT2D eigenvalue weighted by atomic mass is 35.5. The lowest BCUT2D eigenvalue weighted by molar-refractivity contribution is 0.0946. The molecule has 2 aromatic carbocycles. The summed E-state index contributed by atoms with van der Waals surface area (Å²) < 4.78 is 5.36. The van der Waals surface area contributed by atoms with Gasteiger partial charge in [-0.25, -0.2) is 4.98 Å². The molecule has 0 atom stereocenters. The number of hydrogen-bond acceptors (Lipinski definition) is 4. The quantitative estimate of drug-likeness (QED) is 0.596. The molecule has 0 aliphatic carbocycles. The second kappa shape index (κ2) is 9.76. The van der Waals surface area contributed by atoms with Gasteiger partial charge in [0.15, 0.2) is 0 Å². The van der Waals surface area contributed by atoms with E-state index in [9.17, 15) is 4.79 Å². The molecule has 1 heterocycles. The normalized spacial score (nSPS) is 10.4. The van der Waals surface area contributed by atoms with Crippen LogP contribution in [0.2, 0.25) is 5.02 Å². The summed E-state index contributed by atoms with van der Waals surface area (Å²) in [6.45, 7) is 1.17. The second-order valence-electron chi connectivity index (χ2n) is 6.23. The van der Waals surface area contributed by atoms with Crippen LogP contribution in [0, 0.1) is 0 Å². The lowest BCUT2D eigenvalue weighted by Crippen LogP contribution is -2.23. The van der Waals surface area contributed by atoms with Crippen molar-refractivity contribution in [1.29, 1.82) is 0 Å². The first-order valence-corrected chi connectivity index (χ1v) is 9.38. The van der Waals surface area contributed by atoms with Crippen LogP contribution < -0.4 is 15.4 Å². The van der Waals surface area contributed by atoms with Gasteiger partial charge in [-0.1, -0.05) is 41.9 Å². The van der Waals surface area contributed by atoms with Crippen LogP contribution in [-0.2, 0) is 13.0 Å². The molecule has 2 N–H and O–H groups in total. The molecule has 0 radical (unpaired) electrons. The number of para-hydroxylation sites is 1. The minimum atomic E-state index is -0.212. The summed E-state index contributed by atoms with van der Waals surface area (Å²) in [5, 5.41) is 6.84. The summed E-state index contributed by atoms with van der Waals surface area (Å²) in [5.41, 5.74) is 3.37. The maximum absolute atomic E-state index is 12.2. The molecular formula is C22H22ClN3O2. The Morgan fingerprint density at radius 3 is 2.57 bits per heavy atom. The third-order valence-corrected chi connectivity index (χ3v) is 4.53. The third kappa shape index (κ3) is 5.47. The SMILES string of the molecule is COc1ccccc1CCNc1ccc(C(=O)NCc2ccc(Cl)cc2)nc1. The van der Waals surface area contributed by atoms with Crippen molar-refractivity contribution >= 4 is 23.2 Å². The molecule has 3 aromatic rings. The van der Waals surface area contributed by atoms with Gasteiger partial charge in [-0.05, 0) is 47.9 Å². The van der Waals surface area contributed by atoms with Crippen molar-refractivity contribution < 1.29 is 9.53 Å². The Labute approximate surface area is 169 Å². The van der Waals surface area contributed by atoms with Crippen molar-refractivity contribution in [3.63, 3.8) is 0 Å². The first-order valence-electron chi connectivity index (χ1n) is 9.00. The van der Waals surface area contributed by atoms with Crippen LogP contribution >= 0.6 is 11.6 Å². The minimum absolute atomic E-state index is 0.212. The van der Waals surface area contributed by atoms with E-state index in [1.165, 1.54) is 0 Å². The smallest absolute Gasteiger partial charge is 0.270 e. The van der Waals surface area contributed by atoms with Gasteiger partial charge in [-0.15, -0.1) is 0 Å². The number of halogens is 1. The zero-order valence-corrected chi connectivity index (χ0v) is 16.4. The number of anilines is 1. The fraction of sp³-hybridized carbons (Fsp3) is 0.182. The van der Waals surface area contributed by atoms with E-state index >= 15 is 0 Å².